The van der Waals surface area contributed by atoms with Gasteiger partial charge in [0, 0.05) is 47.5 Å². The van der Waals surface area contributed by atoms with Gasteiger partial charge in [0.2, 0.25) is 0 Å². The second-order valence-electron chi connectivity index (χ2n) is 9.04. The Morgan fingerprint density at radius 1 is 1.11 bits per heavy atom. The Balaban J connectivity index is 0.000000458. The molecule has 1 heterocycles. The molecule has 0 spiro atoms. The van der Waals surface area contributed by atoms with E-state index in [2.05, 4.69) is 22.5 Å². The van der Waals surface area contributed by atoms with Crippen LogP contribution in [0.3, 0.4) is 0 Å². The quantitative estimate of drug-likeness (QED) is 0.398. The van der Waals surface area contributed by atoms with Crippen LogP contribution in [0.4, 0.5) is 5.69 Å². The normalized spacial score (nSPS) is 13.0. The minimum Gasteiger partial charge on any atom is -0.481 e. The van der Waals surface area contributed by atoms with E-state index in [-0.39, 0.29) is 18.0 Å². The number of hydrogen-bond donors (Lipinski definition) is 4. The molecule has 0 atom stereocenters. The number of carbonyl (C=O) groups excluding carboxylic acids is 1. The Labute approximate surface area is 213 Å². The lowest BCUT2D eigenvalue weighted by molar-refractivity contribution is -0.134. The maximum atomic E-state index is 12.5. The minimum absolute atomic E-state index is 0.169. The third kappa shape index (κ3) is 11.0. The summed E-state index contributed by atoms with van der Waals surface area (Å²) < 4.78 is 0. The summed E-state index contributed by atoms with van der Waals surface area (Å²) in [6.07, 6.45) is 7.44. The number of rotatable bonds is 5. The Bertz CT molecular complexity index is 1040. The molecule has 0 bridgehead atoms. The summed E-state index contributed by atoms with van der Waals surface area (Å²) in [7, 11) is 0. The highest BCUT2D eigenvalue weighted by Gasteiger charge is 2.14. The molecule has 1 aromatic heterocycles. The summed E-state index contributed by atoms with van der Waals surface area (Å²) in [4.78, 5) is 36.3. The van der Waals surface area contributed by atoms with Crippen molar-refractivity contribution in [1.82, 2.24) is 10.3 Å². The number of nitrogens with one attached hydrogen (secondary N) is 3. The number of hydrogen-bond acceptors (Lipinski definition) is 4. The average Bonchev–Trinajstić information content (AvgIpc) is 2.76. The Morgan fingerprint density at radius 2 is 1.71 bits per heavy atom. The van der Waals surface area contributed by atoms with Crippen molar-refractivity contribution in [2.24, 2.45) is 5.92 Å². The number of pyridine rings is 1. The first-order valence-electron chi connectivity index (χ1n) is 12.2. The summed E-state index contributed by atoms with van der Waals surface area (Å²) in [6.45, 7) is 11.9. The SMILES string of the molecule is CC(=O)O.CC1CCCCC1.CCNc1cc(Cl)cc(C(=O)NCc2c(C)cc(C)[nH]c2=O)c1C. The summed E-state index contributed by atoms with van der Waals surface area (Å²) >= 11 is 6.11. The molecule has 0 saturated heterocycles. The molecule has 4 N–H and O–H groups in total. The standard InChI is InChI=1S/C18H22ClN3O2.C7H14.C2H4O2/c1-5-20-16-8-13(19)7-14(12(16)4)17(23)21-9-15-10(2)6-11(3)22-18(15)24;1-7-5-3-2-4-6-7;1-2(3)4/h6-8,20H,5,9H2,1-4H3,(H,21,23)(H,22,24);7H,2-6H2,1H3;1H3,(H,3,4). The molecule has 2 aromatic rings. The first-order chi connectivity index (χ1) is 16.5. The molecule has 1 aliphatic carbocycles. The van der Waals surface area contributed by atoms with E-state index in [0.29, 0.717) is 16.1 Å². The van der Waals surface area contributed by atoms with Crippen LogP contribution >= 0.6 is 11.6 Å². The van der Waals surface area contributed by atoms with Crippen LogP contribution in [0, 0.1) is 26.7 Å². The second-order valence-corrected chi connectivity index (χ2v) is 9.48. The fourth-order valence-corrected chi connectivity index (χ4v) is 4.18. The number of carbonyl (C=O) groups is 2. The van der Waals surface area contributed by atoms with Crippen molar-refractivity contribution in [3.05, 3.63) is 61.5 Å². The zero-order valence-electron chi connectivity index (χ0n) is 21.8. The molecular weight excluding hydrogens is 466 g/mol. The van der Waals surface area contributed by atoms with E-state index in [1.165, 1.54) is 32.1 Å². The number of carboxylic acids is 1. The molecule has 1 aliphatic rings. The zero-order valence-corrected chi connectivity index (χ0v) is 22.6. The number of H-pyrrole nitrogens is 1. The van der Waals surface area contributed by atoms with Crippen LogP contribution in [-0.4, -0.2) is 28.5 Å². The molecule has 0 unspecified atom stereocenters. The minimum atomic E-state index is -0.833. The summed E-state index contributed by atoms with van der Waals surface area (Å²) in [5.74, 6) is -0.0534. The lowest BCUT2D eigenvalue weighted by Crippen LogP contribution is -2.28. The van der Waals surface area contributed by atoms with Crippen LogP contribution in [0.1, 0.15) is 85.6 Å². The highest BCUT2D eigenvalue weighted by atomic mass is 35.5. The third-order valence-electron chi connectivity index (χ3n) is 5.80. The molecule has 1 saturated carbocycles. The van der Waals surface area contributed by atoms with Crippen LogP contribution in [0.5, 0.6) is 0 Å². The van der Waals surface area contributed by atoms with Gasteiger partial charge in [0.15, 0.2) is 0 Å². The number of anilines is 1. The molecule has 0 radical (unpaired) electrons. The van der Waals surface area contributed by atoms with Gasteiger partial charge in [0.25, 0.3) is 17.4 Å². The maximum absolute atomic E-state index is 12.5. The first-order valence-corrected chi connectivity index (χ1v) is 12.5. The maximum Gasteiger partial charge on any atom is 0.300 e. The highest BCUT2D eigenvalue weighted by Crippen LogP contribution is 2.25. The molecule has 1 amide bonds. The van der Waals surface area contributed by atoms with Crippen molar-refractivity contribution < 1.29 is 14.7 Å². The van der Waals surface area contributed by atoms with E-state index in [0.717, 1.165) is 41.9 Å². The van der Waals surface area contributed by atoms with E-state index in [4.69, 9.17) is 21.5 Å². The van der Waals surface area contributed by atoms with Crippen LogP contribution in [0.2, 0.25) is 5.02 Å². The van der Waals surface area contributed by atoms with E-state index >= 15 is 0 Å². The average molecular weight is 506 g/mol. The lowest BCUT2D eigenvalue weighted by Gasteiger charge is -2.15. The summed E-state index contributed by atoms with van der Waals surface area (Å²) in [5, 5.41) is 13.9. The number of aromatic amines is 1. The van der Waals surface area contributed by atoms with Crippen molar-refractivity contribution in [2.75, 3.05) is 11.9 Å². The van der Waals surface area contributed by atoms with Crippen LogP contribution < -0.4 is 16.2 Å². The monoisotopic (exact) mass is 505 g/mol. The first kappa shape index (κ1) is 30.2. The van der Waals surface area contributed by atoms with E-state index in [1.807, 2.05) is 33.8 Å². The zero-order chi connectivity index (χ0) is 26.5. The van der Waals surface area contributed by atoms with E-state index < -0.39 is 5.97 Å². The molecule has 8 heteroatoms. The molecule has 7 nitrogen and oxygen atoms in total. The van der Waals surface area contributed by atoms with Gasteiger partial charge in [-0.05, 0) is 62.9 Å². The van der Waals surface area contributed by atoms with Crippen molar-refractivity contribution in [2.45, 2.75) is 80.2 Å². The molecule has 1 fully saturated rings. The van der Waals surface area contributed by atoms with Gasteiger partial charge in [0.1, 0.15) is 0 Å². The van der Waals surface area contributed by atoms with Crippen molar-refractivity contribution >= 4 is 29.2 Å². The molecule has 1 aromatic carbocycles. The summed E-state index contributed by atoms with van der Waals surface area (Å²) in [6, 6.07) is 5.32. The number of halogens is 1. The fourth-order valence-electron chi connectivity index (χ4n) is 3.96. The smallest absolute Gasteiger partial charge is 0.300 e. The number of aryl methyl sites for hydroxylation is 2. The van der Waals surface area contributed by atoms with Crippen LogP contribution in [0.15, 0.2) is 23.0 Å². The molecular formula is C27H40ClN3O4. The van der Waals surface area contributed by atoms with E-state index in [1.54, 1.807) is 12.1 Å². The summed E-state index contributed by atoms with van der Waals surface area (Å²) in [5.41, 5.74) is 4.19. The second kappa shape index (κ2) is 15.2. The van der Waals surface area contributed by atoms with Crippen molar-refractivity contribution in [1.29, 1.82) is 0 Å². The predicted molar refractivity (Wildman–Crippen MR) is 144 cm³/mol. The van der Waals surface area contributed by atoms with Crippen molar-refractivity contribution in [3.8, 4) is 0 Å². The number of amides is 1. The largest absolute Gasteiger partial charge is 0.481 e. The molecule has 0 aliphatic heterocycles. The van der Waals surface area contributed by atoms with Gasteiger partial charge < -0.3 is 20.7 Å². The predicted octanol–water partition coefficient (Wildman–Crippen LogP) is 5.99. The molecule has 35 heavy (non-hydrogen) atoms. The molecule has 3 rings (SSSR count). The van der Waals surface area contributed by atoms with Gasteiger partial charge in [-0.25, -0.2) is 0 Å². The highest BCUT2D eigenvalue weighted by molar-refractivity contribution is 6.31. The van der Waals surface area contributed by atoms with Crippen molar-refractivity contribution in [3.63, 3.8) is 0 Å². The Kier molecular flexibility index (Phi) is 13.2. The van der Waals surface area contributed by atoms with Crippen LogP contribution in [-0.2, 0) is 11.3 Å². The number of aliphatic carboxylic acids is 1. The van der Waals surface area contributed by atoms with Gasteiger partial charge in [-0.3, -0.25) is 14.4 Å². The van der Waals surface area contributed by atoms with Gasteiger partial charge in [-0.2, -0.15) is 0 Å². The number of carboxylic acid groups (broad SMARTS) is 1. The fraction of sp³-hybridized carbons (Fsp3) is 0.519. The number of benzene rings is 1. The molecule has 194 valence electrons. The van der Waals surface area contributed by atoms with Gasteiger partial charge in [-0.1, -0.05) is 50.6 Å². The number of aromatic nitrogens is 1. The van der Waals surface area contributed by atoms with Gasteiger partial charge in [-0.15, -0.1) is 0 Å². The third-order valence-corrected chi connectivity index (χ3v) is 6.02. The van der Waals surface area contributed by atoms with Crippen LogP contribution in [0.25, 0.3) is 0 Å². The van der Waals surface area contributed by atoms with Gasteiger partial charge in [0.05, 0.1) is 0 Å². The van der Waals surface area contributed by atoms with Gasteiger partial charge >= 0.3 is 0 Å². The Morgan fingerprint density at radius 3 is 2.20 bits per heavy atom. The van der Waals surface area contributed by atoms with E-state index in [9.17, 15) is 9.59 Å². The lowest BCUT2D eigenvalue weighted by atomic mass is 9.91. The Hall–Kier alpha value is -2.80. The topological polar surface area (TPSA) is 111 Å².